The normalized spacial score (nSPS) is 11.7. The van der Waals surface area contributed by atoms with Crippen molar-refractivity contribution in [3.8, 4) is 0 Å². The molecule has 0 saturated heterocycles. The van der Waals surface area contributed by atoms with Crippen molar-refractivity contribution >= 4 is 34.8 Å². The van der Waals surface area contributed by atoms with Crippen molar-refractivity contribution < 1.29 is 4.79 Å². The average molecular weight is 251 g/mol. The van der Waals surface area contributed by atoms with Crippen LogP contribution < -0.4 is 11.1 Å². The Labute approximate surface area is 98.9 Å². The predicted molar refractivity (Wildman–Crippen MR) is 63.4 cm³/mol. The van der Waals surface area contributed by atoms with E-state index >= 15 is 0 Å². The third-order valence-electron chi connectivity index (χ3n) is 1.57. The van der Waals surface area contributed by atoms with E-state index in [1.807, 2.05) is 0 Å². The number of nitrogens with two attached hydrogens (primary N) is 1. The number of nitrogens with one attached hydrogen (secondary N) is 1. The fourth-order valence-corrected chi connectivity index (χ4v) is 1.68. The van der Waals surface area contributed by atoms with Gasteiger partial charge < -0.3 is 5.73 Å². The molecule has 86 valence electrons. The third kappa shape index (κ3) is 4.55. The van der Waals surface area contributed by atoms with E-state index < -0.39 is 6.04 Å². The van der Waals surface area contributed by atoms with Crippen LogP contribution in [-0.2, 0) is 11.2 Å². The zero-order valence-corrected chi connectivity index (χ0v) is 10.3. The molecule has 1 amide bonds. The number of hydrogen-bond donors (Lipinski definition) is 2. The number of halogens is 1. The Morgan fingerprint density at radius 3 is 2.80 bits per heavy atom. The van der Waals surface area contributed by atoms with Crippen LogP contribution in [0.5, 0.6) is 0 Å². The molecule has 1 atom stereocenters. The molecule has 0 aliphatic heterocycles. The Morgan fingerprint density at radius 2 is 2.27 bits per heavy atom. The first-order valence-electron chi connectivity index (χ1n) is 4.52. The van der Waals surface area contributed by atoms with Crippen LogP contribution in [0.25, 0.3) is 0 Å². The molecule has 0 fully saturated rings. The van der Waals surface area contributed by atoms with Gasteiger partial charge in [0, 0.05) is 6.42 Å². The van der Waals surface area contributed by atoms with Crippen molar-refractivity contribution in [1.29, 1.82) is 0 Å². The number of carbonyl (C=O) groups excluding carboxylic acids is 1. The Kier molecular flexibility index (Phi) is 6.38. The van der Waals surface area contributed by atoms with Crippen molar-refractivity contribution in [2.75, 3.05) is 5.32 Å². The monoisotopic (exact) mass is 250 g/mol. The lowest BCUT2D eigenvalue weighted by molar-refractivity contribution is -0.117. The molecule has 3 N–H and O–H groups in total. The van der Waals surface area contributed by atoms with Crippen molar-refractivity contribution in [1.82, 2.24) is 10.2 Å². The summed E-state index contributed by atoms with van der Waals surface area (Å²) in [5.74, 6) is -0.232. The van der Waals surface area contributed by atoms with Crippen molar-refractivity contribution in [2.24, 2.45) is 5.73 Å². The summed E-state index contributed by atoms with van der Waals surface area (Å²) < 4.78 is 0. The zero-order chi connectivity index (χ0) is 10.6. The number of aromatic nitrogens is 2. The lowest BCUT2D eigenvalue weighted by Gasteiger charge is -2.02. The highest BCUT2D eigenvalue weighted by Gasteiger charge is 2.10. The van der Waals surface area contributed by atoms with Gasteiger partial charge >= 0.3 is 0 Å². The first kappa shape index (κ1) is 14.3. The van der Waals surface area contributed by atoms with Gasteiger partial charge in [0.05, 0.1) is 6.04 Å². The minimum atomic E-state index is -0.520. The van der Waals surface area contributed by atoms with Crippen molar-refractivity contribution in [3.63, 3.8) is 0 Å². The van der Waals surface area contributed by atoms with E-state index in [0.717, 1.165) is 17.8 Å². The fraction of sp³-hybridized carbons (Fsp3) is 0.625. The van der Waals surface area contributed by atoms with Crippen LogP contribution >= 0.6 is 23.7 Å². The van der Waals surface area contributed by atoms with Crippen LogP contribution in [0.1, 0.15) is 25.3 Å². The first-order chi connectivity index (χ1) is 6.63. The standard InChI is InChI=1S/C8H14N4OS.ClH/c1-3-4-6-11-12-8(14-6)10-7(13)5(2)9;/h5H,3-4,9H2,1-2H3,(H,10,12,13);1H/t5-;/m0./s1. The van der Waals surface area contributed by atoms with E-state index in [2.05, 4.69) is 22.4 Å². The van der Waals surface area contributed by atoms with E-state index in [1.54, 1.807) is 6.92 Å². The molecular weight excluding hydrogens is 236 g/mol. The summed E-state index contributed by atoms with van der Waals surface area (Å²) in [6, 6.07) is -0.520. The average Bonchev–Trinajstić information content (AvgIpc) is 2.53. The van der Waals surface area contributed by atoms with Gasteiger partial charge in [0.25, 0.3) is 0 Å². The molecule has 0 aliphatic carbocycles. The van der Waals surface area contributed by atoms with Gasteiger partial charge in [-0.05, 0) is 13.3 Å². The molecule has 0 radical (unpaired) electrons. The number of hydrogen-bond acceptors (Lipinski definition) is 5. The van der Waals surface area contributed by atoms with Crippen LogP contribution in [0.4, 0.5) is 5.13 Å². The highest BCUT2D eigenvalue weighted by molar-refractivity contribution is 7.15. The van der Waals surface area contributed by atoms with Gasteiger partial charge in [0.2, 0.25) is 11.0 Å². The summed E-state index contributed by atoms with van der Waals surface area (Å²) >= 11 is 1.39. The lowest BCUT2D eigenvalue weighted by Crippen LogP contribution is -2.32. The van der Waals surface area contributed by atoms with E-state index in [-0.39, 0.29) is 18.3 Å². The molecule has 15 heavy (non-hydrogen) atoms. The number of aryl methyl sites for hydroxylation is 1. The number of rotatable bonds is 4. The molecule has 0 spiro atoms. The van der Waals surface area contributed by atoms with Gasteiger partial charge in [-0.2, -0.15) is 0 Å². The number of amides is 1. The maximum atomic E-state index is 11.2. The van der Waals surface area contributed by atoms with E-state index in [9.17, 15) is 4.79 Å². The molecule has 1 aromatic rings. The fourth-order valence-electron chi connectivity index (χ4n) is 0.838. The molecule has 5 nitrogen and oxygen atoms in total. The minimum Gasteiger partial charge on any atom is -0.320 e. The molecule has 7 heteroatoms. The highest BCUT2D eigenvalue weighted by atomic mass is 35.5. The molecular formula is C8H15ClN4OS. The smallest absolute Gasteiger partial charge is 0.242 e. The van der Waals surface area contributed by atoms with Crippen LogP contribution in [0.2, 0.25) is 0 Å². The number of anilines is 1. The second-order valence-electron chi connectivity index (χ2n) is 3.03. The maximum absolute atomic E-state index is 11.2. The highest BCUT2D eigenvalue weighted by Crippen LogP contribution is 2.16. The van der Waals surface area contributed by atoms with Gasteiger partial charge in [0.1, 0.15) is 5.01 Å². The molecule has 0 unspecified atom stereocenters. The van der Waals surface area contributed by atoms with Crippen molar-refractivity contribution in [3.05, 3.63) is 5.01 Å². The first-order valence-corrected chi connectivity index (χ1v) is 5.34. The molecule has 1 aromatic heterocycles. The van der Waals surface area contributed by atoms with E-state index in [4.69, 9.17) is 5.73 Å². The Bertz CT molecular complexity index is 315. The Balaban J connectivity index is 0.00000196. The van der Waals surface area contributed by atoms with Crippen LogP contribution in [-0.4, -0.2) is 22.1 Å². The summed E-state index contributed by atoms with van der Waals surface area (Å²) in [5.41, 5.74) is 5.39. The van der Waals surface area contributed by atoms with Crippen LogP contribution in [0, 0.1) is 0 Å². The van der Waals surface area contributed by atoms with Gasteiger partial charge in [-0.25, -0.2) is 0 Å². The predicted octanol–water partition coefficient (Wildman–Crippen LogP) is 1.20. The Morgan fingerprint density at radius 1 is 1.60 bits per heavy atom. The lowest BCUT2D eigenvalue weighted by atomic mass is 10.3. The summed E-state index contributed by atoms with van der Waals surface area (Å²) in [6.07, 6.45) is 1.92. The van der Waals surface area contributed by atoms with E-state index in [0.29, 0.717) is 5.13 Å². The van der Waals surface area contributed by atoms with Gasteiger partial charge in [-0.3, -0.25) is 10.1 Å². The topological polar surface area (TPSA) is 80.9 Å². The molecule has 0 aliphatic rings. The maximum Gasteiger partial charge on any atom is 0.242 e. The number of nitrogens with zero attached hydrogens (tertiary/aromatic N) is 2. The second kappa shape index (κ2) is 6.71. The van der Waals surface area contributed by atoms with Gasteiger partial charge in [0.15, 0.2) is 0 Å². The SMILES string of the molecule is CCCc1nnc(NC(=O)[C@H](C)N)s1.Cl. The van der Waals surface area contributed by atoms with Gasteiger partial charge in [-0.1, -0.05) is 18.3 Å². The molecule has 1 rings (SSSR count). The number of carbonyl (C=O) groups is 1. The Hall–Kier alpha value is -0.720. The molecule has 0 bridgehead atoms. The summed E-state index contributed by atoms with van der Waals surface area (Å²) in [4.78, 5) is 11.2. The van der Waals surface area contributed by atoms with Crippen molar-refractivity contribution in [2.45, 2.75) is 32.7 Å². The van der Waals surface area contributed by atoms with Gasteiger partial charge in [-0.15, -0.1) is 22.6 Å². The quantitative estimate of drug-likeness (QED) is 0.841. The van der Waals surface area contributed by atoms with Crippen LogP contribution in [0.3, 0.4) is 0 Å². The summed E-state index contributed by atoms with van der Waals surface area (Å²) in [6.45, 7) is 3.70. The molecule has 1 heterocycles. The summed E-state index contributed by atoms with van der Waals surface area (Å²) in [5, 5.41) is 11.8. The summed E-state index contributed by atoms with van der Waals surface area (Å²) in [7, 11) is 0. The largest absolute Gasteiger partial charge is 0.320 e. The van der Waals surface area contributed by atoms with Crippen LogP contribution in [0.15, 0.2) is 0 Å². The third-order valence-corrected chi connectivity index (χ3v) is 2.47. The minimum absolute atomic E-state index is 0. The molecule has 0 aromatic carbocycles. The van der Waals surface area contributed by atoms with E-state index in [1.165, 1.54) is 11.3 Å². The molecule has 0 saturated carbocycles. The zero-order valence-electron chi connectivity index (χ0n) is 8.69. The second-order valence-corrected chi connectivity index (χ2v) is 4.09.